The van der Waals surface area contributed by atoms with Crippen LogP contribution in [-0.2, 0) is 4.79 Å². The highest BCUT2D eigenvalue weighted by atomic mass is 16.2. The molecule has 3 heteroatoms. The minimum atomic E-state index is -0.565. The third kappa shape index (κ3) is 3.66. The molecule has 0 saturated carbocycles. The largest absolute Gasteiger partial charge is 0.354 e. The van der Waals surface area contributed by atoms with Crippen LogP contribution in [0, 0.1) is 5.92 Å². The molecule has 1 rings (SSSR count). The molecule has 0 radical (unpaired) electrons. The Labute approximate surface area is 97.0 Å². The molecule has 0 aliphatic rings. The highest BCUT2D eigenvalue weighted by Gasteiger charge is 2.15. The summed E-state index contributed by atoms with van der Waals surface area (Å²) in [5.41, 5.74) is 6.71. The van der Waals surface area contributed by atoms with Crippen LogP contribution in [0.25, 0.3) is 0 Å². The minimum Gasteiger partial charge on any atom is -0.354 e. The maximum Gasteiger partial charge on any atom is 0.241 e. The van der Waals surface area contributed by atoms with Gasteiger partial charge >= 0.3 is 0 Å². The first-order chi connectivity index (χ1) is 7.65. The molecule has 0 bridgehead atoms. The van der Waals surface area contributed by atoms with Crippen LogP contribution in [0.3, 0.4) is 0 Å². The van der Waals surface area contributed by atoms with Crippen molar-refractivity contribution in [2.75, 3.05) is 6.54 Å². The molecule has 16 heavy (non-hydrogen) atoms. The van der Waals surface area contributed by atoms with E-state index in [0.29, 0.717) is 12.5 Å². The Hall–Kier alpha value is -1.35. The first-order valence-electron chi connectivity index (χ1n) is 5.73. The van der Waals surface area contributed by atoms with Crippen LogP contribution in [-0.4, -0.2) is 12.5 Å². The lowest BCUT2D eigenvalue weighted by Crippen LogP contribution is -2.36. The van der Waals surface area contributed by atoms with E-state index in [1.54, 1.807) is 0 Å². The van der Waals surface area contributed by atoms with E-state index in [2.05, 4.69) is 19.2 Å². The van der Waals surface area contributed by atoms with Crippen LogP contribution in [0.1, 0.15) is 31.9 Å². The van der Waals surface area contributed by atoms with E-state index < -0.39 is 6.04 Å². The van der Waals surface area contributed by atoms with E-state index in [-0.39, 0.29) is 5.91 Å². The lowest BCUT2D eigenvalue weighted by atomic mass is 10.1. The first kappa shape index (κ1) is 12.7. The fourth-order valence-electron chi connectivity index (χ4n) is 1.34. The molecule has 88 valence electrons. The molecule has 2 unspecified atom stereocenters. The van der Waals surface area contributed by atoms with Crippen molar-refractivity contribution >= 4 is 5.91 Å². The van der Waals surface area contributed by atoms with Crippen LogP contribution in [0.4, 0.5) is 0 Å². The van der Waals surface area contributed by atoms with E-state index in [1.807, 2.05) is 30.3 Å². The van der Waals surface area contributed by atoms with Gasteiger partial charge in [-0.25, -0.2) is 0 Å². The number of amides is 1. The standard InChI is InChI=1S/C13H20N2O/c1-3-10(2)9-15-13(16)12(14)11-7-5-4-6-8-11/h4-8,10,12H,3,9,14H2,1-2H3,(H,15,16). The normalized spacial score (nSPS) is 14.2. The summed E-state index contributed by atoms with van der Waals surface area (Å²) in [6, 6.07) is 8.85. The van der Waals surface area contributed by atoms with E-state index >= 15 is 0 Å². The smallest absolute Gasteiger partial charge is 0.241 e. The second-order valence-electron chi connectivity index (χ2n) is 4.15. The summed E-state index contributed by atoms with van der Waals surface area (Å²) in [4.78, 5) is 11.7. The van der Waals surface area contributed by atoms with Gasteiger partial charge < -0.3 is 11.1 Å². The van der Waals surface area contributed by atoms with Crippen LogP contribution in [0.2, 0.25) is 0 Å². The number of nitrogens with one attached hydrogen (secondary N) is 1. The average molecular weight is 220 g/mol. The molecule has 0 aliphatic heterocycles. The zero-order valence-corrected chi connectivity index (χ0v) is 9.94. The molecule has 2 atom stereocenters. The Bertz CT molecular complexity index is 324. The van der Waals surface area contributed by atoms with Crippen molar-refractivity contribution < 1.29 is 4.79 Å². The molecule has 1 aromatic rings. The number of hydrogen-bond acceptors (Lipinski definition) is 2. The molecule has 1 amide bonds. The van der Waals surface area contributed by atoms with Gasteiger partial charge in [-0.15, -0.1) is 0 Å². The van der Waals surface area contributed by atoms with Crippen LogP contribution in [0.15, 0.2) is 30.3 Å². The van der Waals surface area contributed by atoms with Gasteiger partial charge in [0.2, 0.25) is 5.91 Å². The molecule has 0 spiro atoms. The third-order valence-corrected chi connectivity index (χ3v) is 2.76. The maximum absolute atomic E-state index is 11.7. The number of carbonyl (C=O) groups excluding carboxylic acids is 1. The van der Waals surface area contributed by atoms with Crippen molar-refractivity contribution in [2.24, 2.45) is 11.7 Å². The summed E-state index contributed by atoms with van der Waals surface area (Å²) >= 11 is 0. The second-order valence-corrected chi connectivity index (χ2v) is 4.15. The van der Waals surface area contributed by atoms with Crippen LogP contribution in [0.5, 0.6) is 0 Å². The van der Waals surface area contributed by atoms with Gasteiger partial charge in [0, 0.05) is 6.54 Å². The molecule has 0 heterocycles. The molecular formula is C13H20N2O. The highest BCUT2D eigenvalue weighted by molar-refractivity contribution is 5.82. The van der Waals surface area contributed by atoms with Crippen LogP contribution >= 0.6 is 0 Å². The van der Waals surface area contributed by atoms with Gasteiger partial charge in [-0.2, -0.15) is 0 Å². The Morgan fingerprint density at radius 1 is 1.38 bits per heavy atom. The molecule has 1 aromatic carbocycles. The van der Waals surface area contributed by atoms with Gasteiger partial charge in [0.1, 0.15) is 6.04 Å². The fraction of sp³-hybridized carbons (Fsp3) is 0.462. The SMILES string of the molecule is CCC(C)CNC(=O)C(N)c1ccccc1. The monoisotopic (exact) mass is 220 g/mol. The number of nitrogens with two attached hydrogens (primary N) is 1. The topological polar surface area (TPSA) is 55.1 Å². The number of rotatable bonds is 5. The molecule has 0 saturated heterocycles. The minimum absolute atomic E-state index is 0.105. The average Bonchev–Trinajstić information content (AvgIpc) is 2.35. The molecule has 0 aromatic heterocycles. The van der Waals surface area contributed by atoms with E-state index in [9.17, 15) is 4.79 Å². The molecule has 3 N–H and O–H groups in total. The number of carbonyl (C=O) groups is 1. The van der Waals surface area contributed by atoms with Crippen molar-refractivity contribution in [3.63, 3.8) is 0 Å². The van der Waals surface area contributed by atoms with E-state index in [1.165, 1.54) is 0 Å². The zero-order chi connectivity index (χ0) is 12.0. The van der Waals surface area contributed by atoms with Gasteiger partial charge in [-0.1, -0.05) is 50.6 Å². The predicted molar refractivity (Wildman–Crippen MR) is 65.8 cm³/mol. The van der Waals surface area contributed by atoms with Crippen molar-refractivity contribution in [2.45, 2.75) is 26.3 Å². The molecule has 0 aliphatic carbocycles. The molecule has 0 fully saturated rings. The highest BCUT2D eigenvalue weighted by Crippen LogP contribution is 2.09. The van der Waals surface area contributed by atoms with Crippen molar-refractivity contribution in [1.82, 2.24) is 5.32 Å². The van der Waals surface area contributed by atoms with Gasteiger partial charge in [-0.05, 0) is 11.5 Å². The summed E-state index contributed by atoms with van der Waals surface area (Å²) in [6.07, 6.45) is 1.06. The summed E-state index contributed by atoms with van der Waals surface area (Å²) in [5, 5.41) is 2.87. The third-order valence-electron chi connectivity index (χ3n) is 2.76. The Balaban J connectivity index is 2.49. The van der Waals surface area contributed by atoms with Crippen molar-refractivity contribution in [3.8, 4) is 0 Å². The summed E-state index contributed by atoms with van der Waals surface area (Å²) < 4.78 is 0. The van der Waals surface area contributed by atoms with Crippen LogP contribution < -0.4 is 11.1 Å². The van der Waals surface area contributed by atoms with Gasteiger partial charge in [0.25, 0.3) is 0 Å². The quantitative estimate of drug-likeness (QED) is 0.795. The summed E-state index contributed by atoms with van der Waals surface area (Å²) in [6.45, 7) is 4.90. The summed E-state index contributed by atoms with van der Waals surface area (Å²) in [5.74, 6) is 0.387. The number of hydrogen-bond donors (Lipinski definition) is 2. The summed E-state index contributed by atoms with van der Waals surface area (Å²) in [7, 11) is 0. The zero-order valence-electron chi connectivity index (χ0n) is 9.94. The Morgan fingerprint density at radius 3 is 2.56 bits per heavy atom. The molecular weight excluding hydrogens is 200 g/mol. The van der Waals surface area contributed by atoms with Crippen molar-refractivity contribution in [3.05, 3.63) is 35.9 Å². The lowest BCUT2D eigenvalue weighted by molar-refractivity contribution is -0.122. The molecule has 3 nitrogen and oxygen atoms in total. The van der Waals surface area contributed by atoms with Crippen molar-refractivity contribution in [1.29, 1.82) is 0 Å². The Kier molecular flexibility index (Phi) is 4.99. The number of benzene rings is 1. The Morgan fingerprint density at radius 2 is 2.00 bits per heavy atom. The predicted octanol–water partition coefficient (Wildman–Crippen LogP) is 1.85. The first-order valence-corrected chi connectivity index (χ1v) is 5.73. The fourth-order valence-corrected chi connectivity index (χ4v) is 1.34. The van der Waals surface area contributed by atoms with Gasteiger partial charge in [0.15, 0.2) is 0 Å². The second kappa shape index (κ2) is 6.28. The maximum atomic E-state index is 11.7. The van der Waals surface area contributed by atoms with Gasteiger partial charge in [0.05, 0.1) is 0 Å². The van der Waals surface area contributed by atoms with E-state index in [4.69, 9.17) is 5.73 Å². The lowest BCUT2D eigenvalue weighted by Gasteiger charge is -2.14. The van der Waals surface area contributed by atoms with Gasteiger partial charge in [-0.3, -0.25) is 4.79 Å². The van der Waals surface area contributed by atoms with E-state index in [0.717, 1.165) is 12.0 Å².